The second-order valence-corrected chi connectivity index (χ2v) is 5.79. The quantitative estimate of drug-likeness (QED) is 0.630. The predicted octanol–water partition coefficient (Wildman–Crippen LogP) is 4.30. The van der Waals surface area contributed by atoms with Gasteiger partial charge in [-0.05, 0) is 30.3 Å². The molecule has 1 heterocycles. The molecular formula is C12H9BrF3N3S. The maximum atomic E-state index is 12.8. The van der Waals surface area contributed by atoms with Crippen LogP contribution in [-0.4, -0.2) is 4.98 Å². The minimum absolute atomic E-state index is 0.0303. The van der Waals surface area contributed by atoms with Crippen LogP contribution in [0, 0.1) is 0 Å². The summed E-state index contributed by atoms with van der Waals surface area (Å²) in [6.07, 6.45) is -4.44. The largest absolute Gasteiger partial charge is 0.416 e. The Labute approximate surface area is 125 Å². The third-order valence-electron chi connectivity index (χ3n) is 2.30. The van der Waals surface area contributed by atoms with Gasteiger partial charge in [0.15, 0.2) is 0 Å². The third-order valence-corrected chi connectivity index (χ3v) is 3.70. The number of hydrazine groups is 1. The molecule has 0 aliphatic carbocycles. The Morgan fingerprint density at radius 1 is 1.20 bits per heavy atom. The molecule has 106 valence electrons. The highest BCUT2D eigenvalue weighted by Crippen LogP contribution is 2.35. The number of halogens is 4. The maximum Gasteiger partial charge on any atom is 0.416 e. The standard InChI is InChI=1S/C12H9BrF3N3S/c13-8-2-1-3-9(6-8)20-11-5-7(12(14,15)16)4-10(18-11)19-17/h1-6H,17H2,(H,18,19). The summed E-state index contributed by atoms with van der Waals surface area (Å²) in [5, 5.41) is 0.214. The van der Waals surface area contributed by atoms with Crippen molar-refractivity contribution in [3.63, 3.8) is 0 Å². The molecule has 2 aromatic rings. The Balaban J connectivity index is 2.36. The van der Waals surface area contributed by atoms with Crippen molar-refractivity contribution in [1.82, 2.24) is 4.98 Å². The van der Waals surface area contributed by atoms with Gasteiger partial charge in [0.2, 0.25) is 0 Å². The van der Waals surface area contributed by atoms with Crippen LogP contribution in [0.3, 0.4) is 0 Å². The number of anilines is 1. The number of hydrogen-bond donors (Lipinski definition) is 2. The molecule has 0 aliphatic heterocycles. The van der Waals surface area contributed by atoms with Crippen molar-refractivity contribution in [3.8, 4) is 0 Å². The van der Waals surface area contributed by atoms with Crippen molar-refractivity contribution in [2.75, 3.05) is 5.43 Å². The van der Waals surface area contributed by atoms with Gasteiger partial charge in [0.25, 0.3) is 0 Å². The second-order valence-electron chi connectivity index (χ2n) is 3.78. The minimum Gasteiger partial charge on any atom is -0.308 e. The zero-order chi connectivity index (χ0) is 14.8. The van der Waals surface area contributed by atoms with Crippen LogP contribution in [0.2, 0.25) is 0 Å². The molecule has 0 atom stereocenters. The lowest BCUT2D eigenvalue weighted by Crippen LogP contribution is -2.12. The van der Waals surface area contributed by atoms with Crippen LogP contribution in [-0.2, 0) is 6.18 Å². The van der Waals surface area contributed by atoms with Gasteiger partial charge in [0, 0.05) is 9.37 Å². The van der Waals surface area contributed by atoms with E-state index in [1.54, 1.807) is 18.2 Å². The summed E-state index contributed by atoms with van der Waals surface area (Å²) < 4.78 is 39.2. The van der Waals surface area contributed by atoms with Gasteiger partial charge in [-0.2, -0.15) is 13.2 Å². The van der Waals surface area contributed by atoms with Crippen LogP contribution < -0.4 is 11.3 Å². The van der Waals surface area contributed by atoms with Crippen LogP contribution in [0.25, 0.3) is 0 Å². The van der Waals surface area contributed by atoms with E-state index in [9.17, 15) is 13.2 Å². The molecule has 0 amide bonds. The van der Waals surface area contributed by atoms with Crippen LogP contribution in [0.15, 0.2) is 50.8 Å². The lowest BCUT2D eigenvalue weighted by Gasteiger charge is -2.11. The summed E-state index contributed by atoms with van der Waals surface area (Å²) in [5.41, 5.74) is 1.35. The van der Waals surface area contributed by atoms with Crippen LogP contribution in [0.5, 0.6) is 0 Å². The number of benzene rings is 1. The van der Waals surface area contributed by atoms with Crippen molar-refractivity contribution in [2.24, 2.45) is 5.84 Å². The molecule has 0 aliphatic rings. The summed E-state index contributed by atoms with van der Waals surface area (Å²) in [7, 11) is 0. The molecule has 8 heteroatoms. The average molecular weight is 364 g/mol. The molecule has 0 saturated carbocycles. The first-order valence-electron chi connectivity index (χ1n) is 5.38. The molecular weight excluding hydrogens is 355 g/mol. The third kappa shape index (κ3) is 3.87. The Morgan fingerprint density at radius 3 is 2.55 bits per heavy atom. The van der Waals surface area contributed by atoms with Gasteiger partial charge in [0.05, 0.1) is 5.56 Å². The number of nitrogens with zero attached hydrogens (tertiary/aromatic N) is 1. The molecule has 2 rings (SSSR count). The van der Waals surface area contributed by atoms with Crippen LogP contribution in [0.4, 0.5) is 19.0 Å². The van der Waals surface area contributed by atoms with E-state index in [-0.39, 0.29) is 10.8 Å². The SMILES string of the molecule is NNc1cc(C(F)(F)F)cc(Sc2cccc(Br)c2)n1. The van der Waals surface area contributed by atoms with Crippen molar-refractivity contribution >= 4 is 33.5 Å². The monoisotopic (exact) mass is 363 g/mol. The number of rotatable bonds is 3. The average Bonchev–Trinajstić information content (AvgIpc) is 2.37. The molecule has 0 spiro atoms. The molecule has 0 unspecified atom stereocenters. The van der Waals surface area contributed by atoms with E-state index in [1.807, 2.05) is 6.07 Å². The topological polar surface area (TPSA) is 50.9 Å². The molecule has 0 bridgehead atoms. The van der Waals surface area contributed by atoms with Gasteiger partial charge in [-0.15, -0.1) is 0 Å². The fourth-order valence-electron chi connectivity index (χ4n) is 1.45. The summed E-state index contributed by atoms with van der Waals surface area (Å²) in [4.78, 5) is 4.77. The number of nitrogen functional groups attached to an aromatic ring is 1. The summed E-state index contributed by atoms with van der Waals surface area (Å²) in [6.45, 7) is 0. The van der Waals surface area contributed by atoms with E-state index in [1.165, 1.54) is 0 Å². The Bertz CT molecular complexity index is 619. The first-order valence-corrected chi connectivity index (χ1v) is 6.99. The van der Waals surface area contributed by atoms with Crippen molar-refractivity contribution in [3.05, 3.63) is 46.4 Å². The van der Waals surface area contributed by atoms with Gasteiger partial charge in [-0.3, -0.25) is 0 Å². The predicted molar refractivity (Wildman–Crippen MR) is 75.3 cm³/mol. The van der Waals surface area contributed by atoms with E-state index in [2.05, 4.69) is 26.3 Å². The second kappa shape index (κ2) is 6.02. The Morgan fingerprint density at radius 2 is 1.95 bits per heavy atom. The molecule has 3 nitrogen and oxygen atoms in total. The number of alkyl halides is 3. The first-order chi connectivity index (χ1) is 9.38. The lowest BCUT2D eigenvalue weighted by molar-refractivity contribution is -0.137. The lowest BCUT2D eigenvalue weighted by atomic mass is 10.2. The smallest absolute Gasteiger partial charge is 0.308 e. The summed E-state index contributed by atoms with van der Waals surface area (Å²) in [5.74, 6) is 5.12. The van der Waals surface area contributed by atoms with Gasteiger partial charge in [-0.25, -0.2) is 10.8 Å². The molecule has 1 aromatic carbocycles. The van der Waals surface area contributed by atoms with E-state index in [0.717, 1.165) is 33.3 Å². The Kier molecular flexibility index (Phi) is 4.56. The van der Waals surface area contributed by atoms with Crippen molar-refractivity contribution in [1.29, 1.82) is 0 Å². The van der Waals surface area contributed by atoms with Crippen LogP contribution in [0.1, 0.15) is 5.56 Å². The zero-order valence-electron chi connectivity index (χ0n) is 9.91. The number of nitrogens with one attached hydrogen (secondary N) is 1. The van der Waals surface area contributed by atoms with E-state index >= 15 is 0 Å². The molecule has 3 N–H and O–H groups in total. The van der Waals surface area contributed by atoms with Gasteiger partial charge in [0.1, 0.15) is 10.8 Å². The maximum absolute atomic E-state index is 12.8. The molecule has 0 fully saturated rings. The fourth-order valence-corrected chi connectivity index (χ4v) is 2.90. The van der Waals surface area contributed by atoms with E-state index in [0.29, 0.717) is 0 Å². The Hall–Kier alpha value is -1.25. The molecule has 0 radical (unpaired) electrons. The van der Waals surface area contributed by atoms with Crippen LogP contribution >= 0.6 is 27.7 Å². The summed E-state index contributed by atoms with van der Waals surface area (Å²) in [6, 6.07) is 9.06. The van der Waals surface area contributed by atoms with E-state index in [4.69, 9.17) is 5.84 Å². The number of pyridine rings is 1. The van der Waals surface area contributed by atoms with Crippen molar-refractivity contribution in [2.45, 2.75) is 16.1 Å². The highest BCUT2D eigenvalue weighted by atomic mass is 79.9. The van der Waals surface area contributed by atoms with E-state index < -0.39 is 11.7 Å². The highest BCUT2D eigenvalue weighted by Gasteiger charge is 2.31. The number of nitrogens with two attached hydrogens (primary N) is 1. The zero-order valence-corrected chi connectivity index (χ0v) is 12.3. The first kappa shape index (κ1) is 15.1. The summed E-state index contributed by atoms with van der Waals surface area (Å²) >= 11 is 4.43. The number of hydrogen-bond acceptors (Lipinski definition) is 4. The normalized spacial score (nSPS) is 11.4. The molecule has 0 saturated heterocycles. The van der Waals surface area contributed by atoms with Crippen molar-refractivity contribution < 1.29 is 13.2 Å². The highest BCUT2D eigenvalue weighted by molar-refractivity contribution is 9.10. The van der Waals surface area contributed by atoms with Gasteiger partial charge >= 0.3 is 6.18 Å². The molecule has 1 aromatic heterocycles. The fraction of sp³-hybridized carbons (Fsp3) is 0.0833. The van der Waals surface area contributed by atoms with Gasteiger partial charge in [-0.1, -0.05) is 33.8 Å². The molecule has 20 heavy (non-hydrogen) atoms. The number of aromatic nitrogens is 1. The minimum atomic E-state index is -4.44. The van der Waals surface area contributed by atoms with Gasteiger partial charge < -0.3 is 5.43 Å².